The van der Waals surface area contributed by atoms with Gasteiger partial charge in [0.2, 0.25) is 0 Å². The molecule has 0 aliphatic rings. The summed E-state index contributed by atoms with van der Waals surface area (Å²) in [6, 6.07) is 9.84. The van der Waals surface area contributed by atoms with Gasteiger partial charge in [0.15, 0.2) is 6.54 Å². The molecule has 0 saturated heterocycles. The molecule has 4 heteroatoms. The quantitative estimate of drug-likeness (QED) is 0.612. The van der Waals surface area contributed by atoms with Crippen LogP contribution in [-0.2, 0) is 4.79 Å². The lowest BCUT2D eigenvalue weighted by Gasteiger charge is -2.27. The maximum absolute atomic E-state index is 10.8. The highest BCUT2D eigenvalue weighted by atomic mass is 79.9. The van der Waals surface area contributed by atoms with E-state index in [1.807, 2.05) is 44.4 Å². The maximum atomic E-state index is 10.8. The number of halogens is 1. The Bertz CT molecular complexity index is 298. The Balaban J connectivity index is 0.00000169. The van der Waals surface area contributed by atoms with Crippen molar-refractivity contribution in [1.82, 2.24) is 4.48 Å². The normalized spacial score (nSPS) is 10.4. The number of benzene rings is 1. The lowest BCUT2D eigenvalue weighted by molar-refractivity contribution is -0.118. The summed E-state index contributed by atoms with van der Waals surface area (Å²) >= 11 is 0. The van der Waals surface area contributed by atoms with Crippen LogP contribution in [-0.4, -0.2) is 26.5 Å². The molecule has 14 heavy (non-hydrogen) atoms. The number of quaternary nitrogens is 1. The highest BCUT2D eigenvalue weighted by Crippen LogP contribution is 2.16. The molecule has 78 valence electrons. The van der Waals surface area contributed by atoms with Gasteiger partial charge >= 0.3 is 0 Å². The lowest BCUT2D eigenvalue weighted by Crippen LogP contribution is -3.00. The van der Waals surface area contributed by atoms with Gasteiger partial charge in [-0.2, -0.15) is 0 Å². The second-order valence-corrected chi connectivity index (χ2v) is 3.64. The second-order valence-electron chi connectivity index (χ2n) is 3.64. The predicted octanol–water partition coefficient (Wildman–Crippen LogP) is -2.26. The van der Waals surface area contributed by atoms with Crippen molar-refractivity contribution in [1.29, 1.82) is 0 Å². The van der Waals surface area contributed by atoms with Crippen LogP contribution < -0.4 is 27.2 Å². The van der Waals surface area contributed by atoms with Gasteiger partial charge in [-0.3, -0.25) is 9.28 Å². The molecule has 3 nitrogen and oxygen atoms in total. The highest BCUT2D eigenvalue weighted by molar-refractivity contribution is 5.78. The SMILES string of the molecule is C[N+](C)(CC(N)=O)c1ccccc1.[Br-]. The van der Waals surface area contributed by atoms with Crippen LogP contribution in [0, 0.1) is 0 Å². The van der Waals surface area contributed by atoms with Crippen molar-refractivity contribution < 1.29 is 21.8 Å². The number of hydrogen-bond acceptors (Lipinski definition) is 1. The van der Waals surface area contributed by atoms with Crippen LogP contribution >= 0.6 is 0 Å². The van der Waals surface area contributed by atoms with Gasteiger partial charge in [-0.05, 0) is 12.1 Å². The molecule has 1 aromatic carbocycles. The Kier molecular flexibility index (Phi) is 4.80. The molecule has 0 radical (unpaired) electrons. The summed E-state index contributed by atoms with van der Waals surface area (Å²) in [5.74, 6) is -0.283. The Morgan fingerprint density at radius 3 is 2.21 bits per heavy atom. The Morgan fingerprint density at radius 2 is 1.79 bits per heavy atom. The van der Waals surface area contributed by atoms with E-state index in [0.717, 1.165) is 5.69 Å². The molecule has 0 saturated carbocycles. The number of para-hydroxylation sites is 1. The number of likely N-dealkylation sites (N-methyl/N-ethyl adjacent to an activating group) is 1. The van der Waals surface area contributed by atoms with E-state index < -0.39 is 0 Å². The molecular formula is C10H15BrN2O. The van der Waals surface area contributed by atoms with Gasteiger partial charge in [0.05, 0.1) is 14.1 Å². The Morgan fingerprint density at radius 1 is 1.29 bits per heavy atom. The summed E-state index contributed by atoms with van der Waals surface area (Å²) in [6.45, 7) is 0.323. The second kappa shape index (κ2) is 5.12. The fourth-order valence-electron chi connectivity index (χ4n) is 1.31. The summed E-state index contributed by atoms with van der Waals surface area (Å²) in [5.41, 5.74) is 6.25. The molecule has 0 unspecified atom stereocenters. The first-order valence-corrected chi connectivity index (χ1v) is 4.19. The van der Waals surface area contributed by atoms with Crippen LogP contribution in [0.2, 0.25) is 0 Å². The van der Waals surface area contributed by atoms with Crippen LogP contribution in [0.25, 0.3) is 0 Å². The molecule has 0 fully saturated rings. The van der Waals surface area contributed by atoms with Gasteiger partial charge in [0.1, 0.15) is 5.69 Å². The van der Waals surface area contributed by atoms with Crippen molar-refractivity contribution in [2.24, 2.45) is 5.73 Å². The molecule has 0 atom stereocenters. The number of hydrogen-bond donors (Lipinski definition) is 1. The minimum absolute atomic E-state index is 0. The topological polar surface area (TPSA) is 43.1 Å². The van der Waals surface area contributed by atoms with Gasteiger partial charge in [0, 0.05) is 0 Å². The molecule has 1 aromatic rings. The van der Waals surface area contributed by atoms with Crippen molar-refractivity contribution in [2.45, 2.75) is 0 Å². The summed E-state index contributed by atoms with van der Waals surface area (Å²) < 4.78 is 0.496. The molecule has 1 amide bonds. The number of amides is 1. The molecular weight excluding hydrogens is 244 g/mol. The van der Waals surface area contributed by atoms with E-state index in [4.69, 9.17) is 5.73 Å². The van der Waals surface area contributed by atoms with E-state index in [9.17, 15) is 4.79 Å². The molecule has 0 bridgehead atoms. The summed E-state index contributed by atoms with van der Waals surface area (Å²) in [7, 11) is 3.92. The van der Waals surface area contributed by atoms with E-state index in [0.29, 0.717) is 11.0 Å². The van der Waals surface area contributed by atoms with Crippen LogP contribution in [0.5, 0.6) is 0 Å². The van der Waals surface area contributed by atoms with Crippen LogP contribution in [0.15, 0.2) is 30.3 Å². The number of primary amides is 1. The molecule has 0 aromatic heterocycles. The Labute approximate surface area is 94.9 Å². The standard InChI is InChI=1S/C10H14N2O.BrH/c1-12(2,8-10(11)13)9-6-4-3-5-7-9;/h3-7H,8H2,1-2H3,(H-,11,13);1H. The molecule has 0 aliphatic heterocycles. The maximum Gasteiger partial charge on any atom is 0.273 e. The summed E-state index contributed by atoms with van der Waals surface area (Å²) in [6.07, 6.45) is 0. The van der Waals surface area contributed by atoms with Crippen LogP contribution in [0.3, 0.4) is 0 Å². The van der Waals surface area contributed by atoms with Crippen LogP contribution in [0.4, 0.5) is 5.69 Å². The average molecular weight is 259 g/mol. The number of rotatable bonds is 3. The number of nitrogens with zero attached hydrogens (tertiary/aromatic N) is 1. The fourth-order valence-corrected chi connectivity index (χ4v) is 1.31. The van der Waals surface area contributed by atoms with Crippen molar-refractivity contribution in [3.05, 3.63) is 30.3 Å². The summed E-state index contributed by atoms with van der Waals surface area (Å²) in [4.78, 5) is 10.8. The van der Waals surface area contributed by atoms with Crippen molar-refractivity contribution in [2.75, 3.05) is 20.6 Å². The van der Waals surface area contributed by atoms with Gasteiger partial charge in [-0.15, -0.1) is 0 Å². The van der Waals surface area contributed by atoms with Gasteiger partial charge < -0.3 is 22.7 Å². The first kappa shape index (κ1) is 13.1. The largest absolute Gasteiger partial charge is 1.00 e. The van der Waals surface area contributed by atoms with Crippen molar-refractivity contribution >= 4 is 11.6 Å². The van der Waals surface area contributed by atoms with E-state index >= 15 is 0 Å². The summed E-state index contributed by atoms with van der Waals surface area (Å²) in [5, 5.41) is 0. The van der Waals surface area contributed by atoms with Gasteiger partial charge in [-0.25, -0.2) is 0 Å². The Hall–Kier alpha value is -0.870. The van der Waals surface area contributed by atoms with E-state index in [1.54, 1.807) is 0 Å². The molecule has 1 rings (SSSR count). The van der Waals surface area contributed by atoms with Crippen molar-refractivity contribution in [3.8, 4) is 0 Å². The van der Waals surface area contributed by atoms with Crippen molar-refractivity contribution in [3.63, 3.8) is 0 Å². The minimum Gasteiger partial charge on any atom is -1.00 e. The predicted molar refractivity (Wildman–Crippen MR) is 54.1 cm³/mol. The smallest absolute Gasteiger partial charge is 0.273 e. The third kappa shape index (κ3) is 3.47. The van der Waals surface area contributed by atoms with Gasteiger partial charge in [-0.1, -0.05) is 18.2 Å². The zero-order chi connectivity index (χ0) is 9.90. The number of carbonyl (C=O) groups is 1. The zero-order valence-electron chi connectivity index (χ0n) is 8.40. The first-order chi connectivity index (χ1) is 6.02. The minimum atomic E-state index is -0.283. The van der Waals surface area contributed by atoms with E-state index in [-0.39, 0.29) is 22.9 Å². The number of nitrogens with two attached hydrogens (primary N) is 1. The van der Waals surface area contributed by atoms with E-state index in [2.05, 4.69) is 0 Å². The third-order valence-electron chi connectivity index (χ3n) is 2.01. The molecule has 2 N–H and O–H groups in total. The van der Waals surface area contributed by atoms with Gasteiger partial charge in [0.25, 0.3) is 5.91 Å². The number of carbonyl (C=O) groups excluding carboxylic acids is 1. The average Bonchev–Trinajstić information content (AvgIpc) is 2.04. The lowest BCUT2D eigenvalue weighted by atomic mass is 10.2. The molecule has 0 spiro atoms. The first-order valence-electron chi connectivity index (χ1n) is 4.19. The zero-order valence-corrected chi connectivity index (χ0v) is 9.99. The third-order valence-corrected chi connectivity index (χ3v) is 2.01. The van der Waals surface area contributed by atoms with Crippen LogP contribution in [0.1, 0.15) is 0 Å². The fraction of sp³-hybridized carbons (Fsp3) is 0.300. The molecule has 0 heterocycles. The van der Waals surface area contributed by atoms with E-state index in [1.165, 1.54) is 0 Å². The molecule has 0 aliphatic carbocycles. The highest BCUT2D eigenvalue weighted by Gasteiger charge is 2.20. The monoisotopic (exact) mass is 258 g/mol.